The van der Waals surface area contributed by atoms with E-state index in [4.69, 9.17) is 10.8 Å². The first-order chi connectivity index (χ1) is 14.6. The molecule has 8 heteroatoms. The topological polar surface area (TPSA) is 91.8 Å². The number of nitrogens with zero attached hydrogens (tertiary/aromatic N) is 5. The molecule has 2 aromatic rings. The van der Waals surface area contributed by atoms with Gasteiger partial charge in [-0.2, -0.15) is 5.10 Å². The van der Waals surface area contributed by atoms with Crippen LogP contribution >= 0.6 is 11.9 Å². The number of hydrogen-bond acceptors (Lipinski definition) is 8. The first-order valence-electron chi connectivity index (χ1n) is 10.4. The molecule has 3 rings (SSSR count). The van der Waals surface area contributed by atoms with Gasteiger partial charge in [0.15, 0.2) is 0 Å². The summed E-state index contributed by atoms with van der Waals surface area (Å²) in [5.41, 5.74) is 2.90. The summed E-state index contributed by atoms with van der Waals surface area (Å²) in [6.07, 6.45) is 5.70. The number of pyridine rings is 2. The maximum atomic E-state index is 5.59. The number of hydrogen-bond donors (Lipinski definition) is 2. The van der Waals surface area contributed by atoms with Gasteiger partial charge in [-0.05, 0) is 62.1 Å². The smallest absolute Gasteiger partial charge is 0.136 e. The molecule has 3 N–H and O–H groups in total. The minimum Gasteiger partial charge on any atom is -0.323 e. The van der Waals surface area contributed by atoms with Crippen molar-refractivity contribution in [2.75, 3.05) is 24.4 Å². The summed E-state index contributed by atoms with van der Waals surface area (Å²) in [6, 6.07) is 12.1. The number of piperidine rings is 1. The van der Waals surface area contributed by atoms with Crippen molar-refractivity contribution in [3.05, 3.63) is 54.0 Å². The van der Waals surface area contributed by atoms with E-state index in [1.807, 2.05) is 24.3 Å². The Morgan fingerprint density at radius 2 is 2.10 bits per heavy atom. The highest BCUT2D eigenvalue weighted by Crippen LogP contribution is 2.28. The van der Waals surface area contributed by atoms with Gasteiger partial charge < -0.3 is 10.6 Å². The van der Waals surface area contributed by atoms with E-state index in [-0.39, 0.29) is 0 Å². The van der Waals surface area contributed by atoms with Crippen LogP contribution in [0.1, 0.15) is 44.0 Å². The monoisotopic (exact) mass is 425 g/mol. The third kappa shape index (κ3) is 7.11. The molecule has 0 amide bonds. The van der Waals surface area contributed by atoms with Crippen molar-refractivity contribution >= 4 is 29.7 Å². The molecule has 0 radical (unpaired) electrons. The zero-order chi connectivity index (χ0) is 21.2. The number of nitrogens with two attached hydrogens (primary N) is 1. The Bertz CT molecular complexity index is 830. The predicted molar refractivity (Wildman–Crippen MR) is 127 cm³/mol. The number of likely N-dealkylation sites (tertiary alicyclic amines) is 1. The fourth-order valence-electron chi connectivity index (χ4n) is 3.38. The van der Waals surface area contributed by atoms with Crippen LogP contribution in [0, 0.1) is 0 Å². The summed E-state index contributed by atoms with van der Waals surface area (Å²) in [5.74, 6) is 7.02. The van der Waals surface area contributed by atoms with E-state index in [0.29, 0.717) is 17.7 Å². The average Bonchev–Trinajstić information content (AvgIpc) is 2.78. The van der Waals surface area contributed by atoms with Gasteiger partial charge in [0.25, 0.3) is 0 Å². The third-order valence-electron chi connectivity index (χ3n) is 4.95. The molecule has 1 aliphatic rings. The molecule has 0 bridgehead atoms. The molecular formula is C22H31N7S. The van der Waals surface area contributed by atoms with Gasteiger partial charge in [0.05, 0.1) is 18.0 Å². The Hall–Kier alpha value is -2.45. The lowest BCUT2D eigenvalue weighted by atomic mass is 9.93. The fraction of sp³-hybridized carbons (Fsp3) is 0.455. The molecule has 0 atom stereocenters. The van der Waals surface area contributed by atoms with Crippen molar-refractivity contribution in [1.82, 2.24) is 14.9 Å². The lowest BCUT2D eigenvalue weighted by Gasteiger charge is -2.31. The molecule has 1 fully saturated rings. The van der Waals surface area contributed by atoms with Gasteiger partial charge in [-0.1, -0.05) is 26.0 Å². The van der Waals surface area contributed by atoms with Crippen LogP contribution in [0.5, 0.6) is 0 Å². The second kappa shape index (κ2) is 11.7. The lowest BCUT2D eigenvalue weighted by molar-refractivity contribution is 0.237. The summed E-state index contributed by atoms with van der Waals surface area (Å²) in [7, 11) is 0. The van der Waals surface area contributed by atoms with Gasteiger partial charge in [0.2, 0.25) is 0 Å². The molecule has 3 heterocycles. The minimum atomic E-state index is 0.489. The molecule has 0 aliphatic carbocycles. The number of anilines is 1. The van der Waals surface area contributed by atoms with Crippen molar-refractivity contribution < 1.29 is 0 Å². The highest BCUT2D eigenvalue weighted by atomic mass is 32.2. The Labute approximate surface area is 183 Å². The van der Waals surface area contributed by atoms with E-state index in [2.05, 4.69) is 50.7 Å². The van der Waals surface area contributed by atoms with Crippen molar-refractivity contribution in [3.63, 3.8) is 0 Å². The van der Waals surface area contributed by atoms with Gasteiger partial charge >= 0.3 is 0 Å². The predicted octanol–water partition coefficient (Wildman–Crippen LogP) is 3.71. The molecule has 2 aromatic heterocycles. The van der Waals surface area contributed by atoms with Crippen LogP contribution in [0.25, 0.3) is 0 Å². The lowest BCUT2D eigenvalue weighted by Crippen LogP contribution is -2.37. The van der Waals surface area contributed by atoms with E-state index < -0.39 is 0 Å². The molecule has 0 spiro atoms. The van der Waals surface area contributed by atoms with Crippen LogP contribution in [-0.2, 0) is 6.54 Å². The summed E-state index contributed by atoms with van der Waals surface area (Å²) in [6.45, 7) is 7.58. The average molecular weight is 426 g/mol. The van der Waals surface area contributed by atoms with Crippen LogP contribution in [0.3, 0.4) is 0 Å². The highest BCUT2D eigenvalue weighted by Gasteiger charge is 2.22. The number of nitrogens with one attached hydrogen (secondary N) is 1. The van der Waals surface area contributed by atoms with E-state index in [0.717, 1.165) is 49.7 Å². The molecule has 160 valence electrons. The Morgan fingerprint density at radius 3 is 2.80 bits per heavy atom. The van der Waals surface area contributed by atoms with Crippen LogP contribution in [0.4, 0.5) is 5.82 Å². The minimum absolute atomic E-state index is 0.489. The summed E-state index contributed by atoms with van der Waals surface area (Å²) in [4.78, 5) is 15.9. The summed E-state index contributed by atoms with van der Waals surface area (Å²) >= 11 is 1.69. The molecular weight excluding hydrogens is 394 g/mol. The largest absolute Gasteiger partial charge is 0.323 e. The molecule has 1 saturated heterocycles. The summed E-state index contributed by atoms with van der Waals surface area (Å²) in [5, 5.41) is 4.44. The van der Waals surface area contributed by atoms with Crippen LogP contribution < -0.4 is 10.6 Å². The molecule has 0 aromatic carbocycles. The van der Waals surface area contributed by atoms with Crippen LogP contribution in [-0.4, -0.2) is 51.7 Å². The van der Waals surface area contributed by atoms with Crippen molar-refractivity contribution in [1.29, 1.82) is 0 Å². The van der Waals surface area contributed by atoms with Gasteiger partial charge in [0.1, 0.15) is 5.82 Å². The number of hydrazone groups is 1. The van der Waals surface area contributed by atoms with E-state index in [1.165, 1.54) is 5.69 Å². The van der Waals surface area contributed by atoms with E-state index in [1.54, 1.807) is 24.4 Å². The standard InChI is InChI=1S/C22H31N7S/c1-17(2)30-28-22-8-5-7-21(26-22)18-9-12-29(13-10-18)16-20(27-23)15-24-14-19-6-3-4-11-25-19/h3-8,11,15,17-18H,9-10,12-14,16,23H2,1-2H3,(H,26,28). The SMILES string of the molecule is CC(C)SNc1cccc(C2CCN(CC(C=NCc3ccccn3)=NN)CC2)n1. The molecule has 30 heavy (non-hydrogen) atoms. The molecule has 0 saturated carbocycles. The van der Waals surface area contributed by atoms with E-state index in [9.17, 15) is 0 Å². The fourth-order valence-corrected chi connectivity index (χ4v) is 3.85. The number of rotatable bonds is 9. The Kier molecular flexibility index (Phi) is 8.65. The maximum absolute atomic E-state index is 5.59. The number of aliphatic imine (C=N–C) groups is 1. The second-order valence-corrected chi connectivity index (χ2v) is 9.06. The third-order valence-corrected chi connectivity index (χ3v) is 5.75. The number of aromatic nitrogens is 2. The summed E-state index contributed by atoms with van der Waals surface area (Å²) < 4.78 is 3.34. The zero-order valence-electron chi connectivity index (χ0n) is 17.7. The van der Waals surface area contributed by atoms with Gasteiger partial charge in [-0.25, -0.2) is 4.98 Å². The van der Waals surface area contributed by atoms with Gasteiger partial charge in [0, 0.05) is 35.8 Å². The van der Waals surface area contributed by atoms with Crippen molar-refractivity contribution in [2.45, 2.75) is 44.4 Å². The van der Waals surface area contributed by atoms with Crippen LogP contribution in [0.15, 0.2) is 52.7 Å². The van der Waals surface area contributed by atoms with Gasteiger partial charge in [-0.3, -0.25) is 14.9 Å². The van der Waals surface area contributed by atoms with Crippen LogP contribution in [0.2, 0.25) is 0 Å². The van der Waals surface area contributed by atoms with Gasteiger partial charge in [-0.15, -0.1) is 0 Å². The molecule has 1 aliphatic heterocycles. The second-order valence-electron chi connectivity index (χ2n) is 7.68. The molecule has 0 unspecified atom stereocenters. The highest BCUT2D eigenvalue weighted by molar-refractivity contribution is 8.01. The Balaban J connectivity index is 1.47. The first-order valence-corrected chi connectivity index (χ1v) is 11.3. The molecule has 7 nitrogen and oxygen atoms in total. The van der Waals surface area contributed by atoms with E-state index >= 15 is 0 Å². The first kappa shape index (κ1) is 22.2. The zero-order valence-corrected chi connectivity index (χ0v) is 18.6. The Morgan fingerprint density at radius 1 is 1.27 bits per heavy atom. The van der Waals surface area contributed by atoms with Crippen molar-refractivity contribution in [3.8, 4) is 0 Å². The van der Waals surface area contributed by atoms with Crippen molar-refractivity contribution in [2.24, 2.45) is 15.9 Å². The normalized spacial score (nSPS) is 16.4. The maximum Gasteiger partial charge on any atom is 0.136 e. The quantitative estimate of drug-likeness (QED) is 0.275.